The average molecular weight is 326 g/mol. The number of pyridine rings is 1. The maximum absolute atomic E-state index is 12.1. The number of rotatable bonds is 5. The van der Waals surface area contributed by atoms with Crippen molar-refractivity contribution in [2.45, 2.75) is 19.0 Å². The van der Waals surface area contributed by atoms with Crippen molar-refractivity contribution in [3.05, 3.63) is 65.3 Å². The van der Waals surface area contributed by atoms with E-state index >= 15 is 0 Å². The first-order valence-corrected chi connectivity index (χ1v) is 8.23. The topological polar surface area (TPSA) is 51.2 Å². The Labute approximate surface area is 139 Å². The van der Waals surface area contributed by atoms with Gasteiger partial charge < -0.3 is 4.74 Å². The Hall–Kier alpha value is -2.24. The fraction of sp³-hybridized carbons (Fsp3) is 0.222. The fourth-order valence-corrected chi connectivity index (χ4v) is 3.59. The van der Waals surface area contributed by atoms with Gasteiger partial charge in [0.2, 0.25) is 0 Å². The molecule has 0 aliphatic heterocycles. The second-order valence-corrected chi connectivity index (χ2v) is 6.43. The zero-order valence-electron chi connectivity index (χ0n) is 13.0. The molecule has 0 unspecified atom stereocenters. The van der Waals surface area contributed by atoms with Crippen molar-refractivity contribution in [2.24, 2.45) is 0 Å². The molecule has 1 N–H and O–H groups in total. The van der Waals surface area contributed by atoms with Gasteiger partial charge in [-0.05, 0) is 36.1 Å². The van der Waals surface area contributed by atoms with Gasteiger partial charge >= 0.3 is 5.97 Å². The van der Waals surface area contributed by atoms with Crippen LogP contribution in [0.5, 0.6) is 0 Å². The van der Waals surface area contributed by atoms with Crippen LogP contribution >= 0.6 is 11.3 Å². The lowest BCUT2D eigenvalue weighted by atomic mass is 10.1. The van der Waals surface area contributed by atoms with Gasteiger partial charge in [-0.3, -0.25) is 10.3 Å². The molecule has 3 aromatic rings. The quantitative estimate of drug-likeness (QED) is 0.723. The highest BCUT2D eigenvalue weighted by molar-refractivity contribution is 7.19. The highest BCUT2D eigenvalue weighted by Gasteiger charge is 2.24. The van der Waals surface area contributed by atoms with Crippen LogP contribution in [0, 0.1) is 0 Å². The molecule has 0 saturated heterocycles. The van der Waals surface area contributed by atoms with Crippen LogP contribution in [0.1, 0.15) is 29.4 Å². The third-order valence-corrected chi connectivity index (χ3v) is 5.04. The number of benzene rings is 1. The Kier molecular flexibility index (Phi) is 4.69. The molecule has 0 bridgehead atoms. The molecule has 118 valence electrons. The van der Waals surface area contributed by atoms with Crippen molar-refractivity contribution < 1.29 is 9.53 Å². The molecule has 2 aromatic heterocycles. The number of nitrogens with one attached hydrogen (secondary N) is 1. The predicted octanol–water partition coefficient (Wildman–Crippen LogP) is 3.86. The first kappa shape index (κ1) is 15.6. The standard InChI is InChI=1S/C18H18N2O2S/c1-12(16-10-13-6-3-4-8-15(13)23-16)20-17(18(21)22-2)14-7-5-9-19-11-14/h3-12,17,20H,1-2H3/t12-,17+/m1/s1. The Bertz CT molecular complexity index is 768. The van der Waals surface area contributed by atoms with E-state index in [1.807, 2.05) is 24.3 Å². The largest absolute Gasteiger partial charge is 0.468 e. The monoisotopic (exact) mass is 326 g/mol. The minimum atomic E-state index is -0.533. The van der Waals surface area contributed by atoms with E-state index < -0.39 is 6.04 Å². The van der Waals surface area contributed by atoms with Crippen LogP contribution in [0.15, 0.2) is 54.9 Å². The van der Waals surface area contributed by atoms with E-state index in [1.165, 1.54) is 22.1 Å². The number of ether oxygens (including phenoxy) is 1. The molecule has 4 nitrogen and oxygen atoms in total. The molecule has 0 radical (unpaired) electrons. The minimum absolute atomic E-state index is 0.0247. The van der Waals surface area contributed by atoms with Gasteiger partial charge in [-0.2, -0.15) is 0 Å². The lowest BCUT2D eigenvalue weighted by Crippen LogP contribution is -2.31. The van der Waals surface area contributed by atoms with Crippen LogP contribution in [0.3, 0.4) is 0 Å². The molecule has 3 rings (SSSR count). The smallest absolute Gasteiger partial charge is 0.327 e. The maximum atomic E-state index is 12.1. The van der Waals surface area contributed by atoms with Crippen LogP contribution in [0.25, 0.3) is 10.1 Å². The normalized spacial score (nSPS) is 13.7. The summed E-state index contributed by atoms with van der Waals surface area (Å²) in [5, 5.41) is 4.58. The summed E-state index contributed by atoms with van der Waals surface area (Å²) in [5.41, 5.74) is 0.798. The number of carbonyl (C=O) groups is 1. The first-order chi connectivity index (χ1) is 11.2. The maximum Gasteiger partial charge on any atom is 0.327 e. The van der Waals surface area contributed by atoms with Crippen LogP contribution < -0.4 is 5.32 Å². The molecule has 2 heterocycles. The van der Waals surface area contributed by atoms with Crippen molar-refractivity contribution >= 4 is 27.4 Å². The molecule has 23 heavy (non-hydrogen) atoms. The number of thiophene rings is 1. The van der Waals surface area contributed by atoms with Gasteiger partial charge in [-0.1, -0.05) is 24.3 Å². The molecule has 0 amide bonds. The molecule has 5 heteroatoms. The Morgan fingerprint density at radius 1 is 1.26 bits per heavy atom. The molecule has 0 aliphatic rings. The van der Waals surface area contributed by atoms with Gasteiger partial charge in [-0.15, -0.1) is 11.3 Å². The summed E-state index contributed by atoms with van der Waals surface area (Å²) in [4.78, 5) is 17.4. The van der Waals surface area contributed by atoms with E-state index in [9.17, 15) is 4.79 Å². The summed E-state index contributed by atoms with van der Waals surface area (Å²) in [6, 6.07) is 13.6. The minimum Gasteiger partial charge on any atom is -0.468 e. The molecular weight excluding hydrogens is 308 g/mol. The van der Waals surface area contributed by atoms with Crippen molar-refractivity contribution in [1.29, 1.82) is 0 Å². The van der Waals surface area contributed by atoms with Gasteiger partial charge in [0.05, 0.1) is 7.11 Å². The van der Waals surface area contributed by atoms with Gasteiger partial charge in [-0.25, -0.2) is 4.79 Å². The zero-order chi connectivity index (χ0) is 16.2. The van der Waals surface area contributed by atoms with Gasteiger partial charge in [0.25, 0.3) is 0 Å². The third kappa shape index (κ3) is 3.41. The van der Waals surface area contributed by atoms with E-state index in [2.05, 4.69) is 35.4 Å². The molecular formula is C18H18N2O2S. The van der Waals surface area contributed by atoms with Crippen molar-refractivity contribution in [3.63, 3.8) is 0 Å². The van der Waals surface area contributed by atoms with E-state index in [0.29, 0.717) is 0 Å². The predicted molar refractivity (Wildman–Crippen MR) is 92.4 cm³/mol. The number of esters is 1. The average Bonchev–Trinajstić information content (AvgIpc) is 3.04. The third-order valence-electron chi connectivity index (χ3n) is 3.74. The number of hydrogen-bond donors (Lipinski definition) is 1. The number of fused-ring (bicyclic) bond motifs is 1. The Morgan fingerprint density at radius 2 is 2.09 bits per heavy atom. The van der Waals surface area contributed by atoms with E-state index in [4.69, 9.17) is 4.74 Å². The van der Waals surface area contributed by atoms with Crippen molar-refractivity contribution in [1.82, 2.24) is 10.3 Å². The number of nitrogens with zero attached hydrogens (tertiary/aromatic N) is 1. The SMILES string of the molecule is COC(=O)[C@@H](N[C@H](C)c1cc2ccccc2s1)c1cccnc1. The zero-order valence-corrected chi connectivity index (χ0v) is 13.8. The molecule has 0 saturated carbocycles. The van der Waals surface area contributed by atoms with Gasteiger partial charge in [0, 0.05) is 28.0 Å². The molecule has 1 aromatic carbocycles. The Morgan fingerprint density at radius 3 is 2.78 bits per heavy atom. The van der Waals surface area contributed by atoms with Gasteiger partial charge in [0.15, 0.2) is 0 Å². The van der Waals surface area contributed by atoms with Crippen molar-refractivity contribution in [3.8, 4) is 0 Å². The molecule has 2 atom stereocenters. The number of carbonyl (C=O) groups excluding carboxylic acids is 1. The second kappa shape index (κ2) is 6.89. The number of aromatic nitrogens is 1. The fourth-order valence-electron chi connectivity index (χ4n) is 2.51. The number of hydrogen-bond acceptors (Lipinski definition) is 5. The summed E-state index contributed by atoms with van der Waals surface area (Å²) >= 11 is 1.73. The lowest BCUT2D eigenvalue weighted by molar-refractivity contribution is -0.143. The highest BCUT2D eigenvalue weighted by Crippen LogP contribution is 2.31. The van der Waals surface area contributed by atoms with Crippen LogP contribution in [0.2, 0.25) is 0 Å². The van der Waals surface area contributed by atoms with E-state index in [-0.39, 0.29) is 12.0 Å². The molecule has 0 aliphatic carbocycles. The van der Waals surface area contributed by atoms with E-state index in [1.54, 1.807) is 23.7 Å². The number of methoxy groups -OCH3 is 1. The Balaban J connectivity index is 1.85. The lowest BCUT2D eigenvalue weighted by Gasteiger charge is -2.20. The second-order valence-electron chi connectivity index (χ2n) is 5.32. The first-order valence-electron chi connectivity index (χ1n) is 7.41. The van der Waals surface area contributed by atoms with Crippen LogP contribution in [-0.4, -0.2) is 18.1 Å². The summed E-state index contributed by atoms with van der Waals surface area (Å²) in [7, 11) is 1.40. The highest BCUT2D eigenvalue weighted by atomic mass is 32.1. The van der Waals surface area contributed by atoms with Crippen LogP contribution in [-0.2, 0) is 9.53 Å². The molecule has 0 spiro atoms. The molecule has 0 fully saturated rings. The van der Waals surface area contributed by atoms with Gasteiger partial charge in [0.1, 0.15) is 6.04 Å². The summed E-state index contributed by atoms with van der Waals surface area (Å²) in [6.45, 7) is 2.05. The van der Waals surface area contributed by atoms with E-state index in [0.717, 1.165) is 5.56 Å². The summed E-state index contributed by atoms with van der Waals surface area (Å²) < 4.78 is 6.18. The summed E-state index contributed by atoms with van der Waals surface area (Å²) in [6.07, 6.45) is 3.37. The van der Waals surface area contributed by atoms with Crippen LogP contribution in [0.4, 0.5) is 0 Å². The summed E-state index contributed by atoms with van der Waals surface area (Å²) in [5.74, 6) is -0.314. The van der Waals surface area contributed by atoms with Crippen molar-refractivity contribution in [2.75, 3.05) is 7.11 Å².